The van der Waals surface area contributed by atoms with Gasteiger partial charge in [-0.15, -0.1) is 0 Å². The van der Waals surface area contributed by atoms with Crippen LogP contribution < -0.4 is 5.73 Å². The number of furan rings is 1. The van der Waals surface area contributed by atoms with Crippen molar-refractivity contribution in [3.63, 3.8) is 0 Å². The fourth-order valence-electron chi connectivity index (χ4n) is 3.02. The fraction of sp³-hybridized carbons (Fsp3) is 0.353. The fourth-order valence-corrected chi connectivity index (χ4v) is 3.02. The summed E-state index contributed by atoms with van der Waals surface area (Å²) in [6, 6.07) is 9.00. The van der Waals surface area contributed by atoms with Crippen molar-refractivity contribution in [3.8, 4) is 11.4 Å². The van der Waals surface area contributed by atoms with Crippen LogP contribution in [0.2, 0.25) is 0 Å². The van der Waals surface area contributed by atoms with Gasteiger partial charge in [0.25, 0.3) is 0 Å². The van der Waals surface area contributed by atoms with E-state index in [1.165, 1.54) is 18.4 Å². The van der Waals surface area contributed by atoms with Gasteiger partial charge in [0.2, 0.25) is 0 Å². The molecule has 108 valence electrons. The van der Waals surface area contributed by atoms with Gasteiger partial charge < -0.3 is 14.7 Å². The average Bonchev–Trinajstić information content (AvgIpc) is 3.15. The number of aryl methyl sites for hydroxylation is 2. The molecule has 2 heterocycles. The second-order valence-corrected chi connectivity index (χ2v) is 5.89. The number of benzene rings is 1. The maximum atomic E-state index is 5.75. The van der Waals surface area contributed by atoms with Gasteiger partial charge in [-0.3, -0.25) is 0 Å². The quantitative estimate of drug-likeness (QED) is 0.796. The maximum Gasteiger partial charge on any atom is 0.144 e. The predicted octanol–water partition coefficient (Wildman–Crippen LogP) is 3.71. The number of fused-ring (bicyclic) bond motifs is 1. The molecule has 4 rings (SSSR count). The molecule has 0 bridgehead atoms. The molecule has 0 spiro atoms. The number of nitrogens with zero attached hydrogens (tertiary/aromatic N) is 2. The summed E-state index contributed by atoms with van der Waals surface area (Å²) >= 11 is 0. The highest BCUT2D eigenvalue weighted by Crippen LogP contribution is 2.42. The summed E-state index contributed by atoms with van der Waals surface area (Å²) in [6.07, 6.45) is 2.46. The van der Waals surface area contributed by atoms with Crippen LogP contribution in [0.4, 0.5) is 0 Å². The molecule has 4 heteroatoms. The molecule has 0 radical (unpaired) electrons. The molecule has 0 saturated heterocycles. The van der Waals surface area contributed by atoms with E-state index in [0.29, 0.717) is 12.6 Å². The Labute approximate surface area is 123 Å². The Morgan fingerprint density at radius 2 is 2.10 bits per heavy atom. The molecule has 0 aliphatic heterocycles. The summed E-state index contributed by atoms with van der Waals surface area (Å²) in [4.78, 5) is 4.87. The van der Waals surface area contributed by atoms with Gasteiger partial charge in [-0.25, -0.2) is 4.98 Å². The zero-order chi connectivity index (χ0) is 14.6. The largest absolute Gasteiger partial charge is 0.466 e. The van der Waals surface area contributed by atoms with Crippen LogP contribution in [0.15, 0.2) is 28.7 Å². The lowest BCUT2D eigenvalue weighted by Crippen LogP contribution is -1.98. The summed E-state index contributed by atoms with van der Waals surface area (Å²) in [6.45, 7) is 4.53. The lowest BCUT2D eigenvalue weighted by atomic mass is 10.2. The topological polar surface area (TPSA) is 57.0 Å². The van der Waals surface area contributed by atoms with E-state index in [1.807, 2.05) is 13.8 Å². The van der Waals surface area contributed by atoms with E-state index in [-0.39, 0.29) is 0 Å². The summed E-state index contributed by atoms with van der Waals surface area (Å²) in [5.41, 5.74) is 10.2. The van der Waals surface area contributed by atoms with Crippen LogP contribution in [0.1, 0.15) is 36.0 Å². The number of nitrogens with two attached hydrogens (primary N) is 1. The van der Waals surface area contributed by atoms with Crippen LogP contribution in [0.25, 0.3) is 22.4 Å². The first-order valence-corrected chi connectivity index (χ1v) is 7.45. The molecule has 0 amide bonds. The van der Waals surface area contributed by atoms with E-state index in [4.69, 9.17) is 15.1 Å². The van der Waals surface area contributed by atoms with E-state index < -0.39 is 0 Å². The molecule has 21 heavy (non-hydrogen) atoms. The maximum absolute atomic E-state index is 5.75. The van der Waals surface area contributed by atoms with Crippen LogP contribution in [-0.4, -0.2) is 9.55 Å². The van der Waals surface area contributed by atoms with Crippen molar-refractivity contribution in [2.24, 2.45) is 5.73 Å². The van der Waals surface area contributed by atoms with E-state index in [2.05, 4.69) is 28.8 Å². The van der Waals surface area contributed by atoms with Crippen molar-refractivity contribution in [2.75, 3.05) is 0 Å². The van der Waals surface area contributed by atoms with Crippen molar-refractivity contribution in [1.29, 1.82) is 0 Å². The van der Waals surface area contributed by atoms with Gasteiger partial charge in [-0.2, -0.15) is 0 Å². The monoisotopic (exact) mass is 281 g/mol. The predicted molar refractivity (Wildman–Crippen MR) is 83.1 cm³/mol. The van der Waals surface area contributed by atoms with Gasteiger partial charge in [-0.1, -0.05) is 6.07 Å². The Morgan fingerprint density at radius 3 is 2.71 bits per heavy atom. The van der Waals surface area contributed by atoms with E-state index >= 15 is 0 Å². The van der Waals surface area contributed by atoms with Crippen LogP contribution >= 0.6 is 0 Å². The second-order valence-electron chi connectivity index (χ2n) is 5.89. The van der Waals surface area contributed by atoms with Crippen molar-refractivity contribution >= 4 is 11.0 Å². The highest BCUT2D eigenvalue weighted by molar-refractivity contribution is 5.82. The minimum Gasteiger partial charge on any atom is -0.466 e. The molecule has 0 atom stereocenters. The Hall–Kier alpha value is -2.07. The molecule has 0 unspecified atom stereocenters. The number of rotatable bonds is 3. The minimum atomic E-state index is 0.547. The third-order valence-electron chi connectivity index (χ3n) is 4.18. The molecule has 1 aromatic carbocycles. The van der Waals surface area contributed by atoms with Gasteiger partial charge in [-0.05, 0) is 50.5 Å². The molecule has 1 aliphatic carbocycles. The standard InChI is InChI=1S/C17H19N3O/c1-10-7-14(11(2)21-10)17-19-15-8-12(9-18)3-6-16(15)20(17)13-4-5-13/h3,6-8,13H,4-5,9,18H2,1-2H3. The van der Waals surface area contributed by atoms with Crippen LogP contribution in [0, 0.1) is 13.8 Å². The Balaban J connectivity index is 1.99. The van der Waals surface area contributed by atoms with E-state index in [0.717, 1.165) is 34.0 Å². The second kappa shape index (κ2) is 4.46. The Bertz CT molecular complexity index is 824. The van der Waals surface area contributed by atoms with Crippen molar-refractivity contribution in [2.45, 2.75) is 39.3 Å². The van der Waals surface area contributed by atoms with Crippen molar-refractivity contribution < 1.29 is 4.42 Å². The zero-order valence-electron chi connectivity index (χ0n) is 12.4. The summed E-state index contributed by atoms with van der Waals surface area (Å²) in [5.74, 6) is 2.89. The molecule has 3 aromatic rings. The first-order chi connectivity index (χ1) is 10.2. The summed E-state index contributed by atoms with van der Waals surface area (Å²) < 4.78 is 8.06. The van der Waals surface area contributed by atoms with E-state index in [9.17, 15) is 0 Å². The number of imidazole rings is 1. The third kappa shape index (κ3) is 1.98. The number of hydrogen-bond donors (Lipinski definition) is 1. The summed E-state index contributed by atoms with van der Waals surface area (Å²) in [7, 11) is 0. The Kier molecular flexibility index (Phi) is 2.69. The lowest BCUT2D eigenvalue weighted by molar-refractivity contribution is 0.505. The minimum absolute atomic E-state index is 0.547. The average molecular weight is 281 g/mol. The van der Waals surface area contributed by atoms with Gasteiger partial charge in [0.05, 0.1) is 16.6 Å². The lowest BCUT2D eigenvalue weighted by Gasteiger charge is -2.06. The van der Waals surface area contributed by atoms with Gasteiger partial charge in [0, 0.05) is 12.6 Å². The normalized spacial score (nSPS) is 15.0. The smallest absolute Gasteiger partial charge is 0.144 e. The molecule has 1 fully saturated rings. The molecule has 1 saturated carbocycles. The highest BCUT2D eigenvalue weighted by Gasteiger charge is 2.29. The molecular formula is C17H19N3O. The Morgan fingerprint density at radius 1 is 1.29 bits per heavy atom. The van der Waals surface area contributed by atoms with Gasteiger partial charge in [0.1, 0.15) is 17.3 Å². The SMILES string of the molecule is Cc1cc(-c2nc3cc(CN)ccc3n2C2CC2)c(C)o1. The van der Waals surface area contributed by atoms with Crippen LogP contribution in [-0.2, 0) is 6.54 Å². The van der Waals surface area contributed by atoms with E-state index in [1.54, 1.807) is 0 Å². The molecule has 2 N–H and O–H groups in total. The highest BCUT2D eigenvalue weighted by atomic mass is 16.3. The summed E-state index contributed by atoms with van der Waals surface area (Å²) in [5, 5.41) is 0. The number of hydrogen-bond acceptors (Lipinski definition) is 3. The molecule has 4 nitrogen and oxygen atoms in total. The van der Waals surface area contributed by atoms with Crippen LogP contribution in [0.5, 0.6) is 0 Å². The third-order valence-corrected chi connectivity index (χ3v) is 4.18. The first kappa shape index (κ1) is 12.7. The first-order valence-electron chi connectivity index (χ1n) is 7.45. The number of aromatic nitrogens is 2. The van der Waals surface area contributed by atoms with Crippen LogP contribution in [0.3, 0.4) is 0 Å². The van der Waals surface area contributed by atoms with Crippen molar-refractivity contribution in [1.82, 2.24) is 9.55 Å². The molecular weight excluding hydrogens is 262 g/mol. The zero-order valence-corrected chi connectivity index (χ0v) is 12.4. The molecule has 1 aliphatic rings. The van der Waals surface area contributed by atoms with Gasteiger partial charge >= 0.3 is 0 Å². The van der Waals surface area contributed by atoms with Gasteiger partial charge in [0.15, 0.2) is 0 Å². The van der Waals surface area contributed by atoms with Crippen molar-refractivity contribution in [3.05, 3.63) is 41.3 Å². The molecule has 2 aromatic heterocycles.